The molecule has 1 N–H and O–H groups in total. The molecule has 88 valence electrons. The molecule has 0 bridgehead atoms. The third kappa shape index (κ3) is 2.22. The summed E-state index contributed by atoms with van der Waals surface area (Å²) in [5, 5.41) is 3.24. The number of nitrogens with one attached hydrogen (secondary N) is 1. The highest BCUT2D eigenvalue weighted by Crippen LogP contribution is 2.31. The lowest BCUT2D eigenvalue weighted by Crippen LogP contribution is -2.37. The van der Waals surface area contributed by atoms with Crippen molar-refractivity contribution in [3.8, 4) is 0 Å². The molecule has 0 spiro atoms. The lowest BCUT2D eigenvalue weighted by Gasteiger charge is -2.36. The number of hydrogen-bond donors (Lipinski definition) is 1. The molecule has 2 rings (SSSR count). The molecule has 0 fully saturated rings. The molecule has 1 heterocycles. The molecule has 0 saturated heterocycles. The number of fused-ring (bicyclic) bond motifs is 1. The standard InChI is InChI=1S/C14H22N2/c1-11-4-5-12-6-7-13(8-9-15-2)16(3)14(12)10-11/h4-5,10,13,15H,6-9H2,1-3H3. The SMILES string of the molecule is CNCCC1CCc2ccc(C)cc2N1C. The minimum atomic E-state index is 0.696. The molecule has 0 amide bonds. The summed E-state index contributed by atoms with van der Waals surface area (Å²) in [6, 6.07) is 7.53. The fourth-order valence-electron chi connectivity index (χ4n) is 2.58. The van der Waals surface area contributed by atoms with E-state index in [1.165, 1.54) is 36.1 Å². The Balaban J connectivity index is 2.17. The number of benzene rings is 1. The van der Waals surface area contributed by atoms with Gasteiger partial charge in [0.05, 0.1) is 0 Å². The van der Waals surface area contributed by atoms with Crippen molar-refractivity contribution in [1.82, 2.24) is 5.32 Å². The number of rotatable bonds is 3. The molecule has 16 heavy (non-hydrogen) atoms. The minimum Gasteiger partial charge on any atom is -0.371 e. The van der Waals surface area contributed by atoms with E-state index in [4.69, 9.17) is 0 Å². The highest BCUT2D eigenvalue weighted by Gasteiger charge is 2.22. The summed E-state index contributed by atoms with van der Waals surface area (Å²) in [4.78, 5) is 2.46. The summed E-state index contributed by atoms with van der Waals surface area (Å²) in [5.41, 5.74) is 4.31. The predicted octanol–water partition coefficient (Wildman–Crippen LogP) is 2.36. The van der Waals surface area contributed by atoms with Crippen LogP contribution in [0.1, 0.15) is 24.0 Å². The lowest BCUT2D eigenvalue weighted by molar-refractivity contribution is 0.510. The maximum Gasteiger partial charge on any atom is 0.0401 e. The highest BCUT2D eigenvalue weighted by molar-refractivity contribution is 5.57. The molecule has 1 atom stereocenters. The molecular formula is C14H22N2. The number of aryl methyl sites for hydroxylation is 2. The molecule has 0 saturated carbocycles. The van der Waals surface area contributed by atoms with Crippen LogP contribution in [-0.2, 0) is 6.42 Å². The van der Waals surface area contributed by atoms with Gasteiger partial charge in [-0.2, -0.15) is 0 Å². The molecule has 1 aliphatic heterocycles. The Kier molecular flexibility index (Phi) is 3.49. The summed E-state index contributed by atoms with van der Waals surface area (Å²) < 4.78 is 0. The first-order chi connectivity index (χ1) is 7.72. The zero-order chi connectivity index (χ0) is 11.5. The Labute approximate surface area is 98.7 Å². The van der Waals surface area contributed by atoms with E-state index in [0.717, 1.165) is 6.54 Å². The van der Waals surface area contributed by atoms with Gasteiger partial charge in [0, 0.05) is 18.8 Å². The topological polar surface area (TPSA) is 15.3 Å². The van der Waals surface area contributed by atoms with E-state index in [2.05, 4.69) is 42.4 Å². The average molecular weight is 218 g/mol. The van der Waals surface area contributed by atoms with Gasteiger partial charge in [0.1, 0.15) is 0 Å². The number of nitrogens with zero attached hydrogens (tertiary/aromatic N) is 1. The Bertz CT molecular complexity index is 360. The second kappa shape index (κ2) is 4.88. The van der Waals surface area contributed by atoms with Gasteiger partial charge in [0.15, 0.2) is 0 Å². The van der Waals surface area contributed by atoms with Crippen LogP contribution in [0.4, 0.5) is 5.69 Å². The van der Waals surface area contributed by atoms with Gasteiger partial charge in [-0.15, -0.1) is 0 Å². The third-order valence-electron chi connectivity index (χ3n) is 3.64. The van der Waals surface area contributed by atoms with Gasteiger partial charge in [-0.1, -0.05) is 12.1 Å². The highest BCUT2D eigenvalue weighted by atomic mass is 15.1. The van der Waals surface area contributed by atoms with Crippen LogP contribution in [0.25, 0.3) is 0 Å². The first-order valence-electron chi connectivity index (χ1n) is 6.19. The molecule has 2 heteroatoms. The van der Waals surface area contributed by atoms with E-state index in [9.17, 15) is 0 Å². The Morgan fingerprint density at radius 2 is 2.25 bits per heavy atom. The molecule has 1 aliphatic rings. The Morgan fingerprint density at radius 1 is 1.44 bits per heavy atom. The zero-order valence-electron chi connectivity index (χ0n) is 10.6. The van der Waals surface area contributed by atoms with E-state index in [1.807, 2.05) is 7.05 Å². The van der Waals surface area contributed by atoms with Gasteiger partial charge in [0.25, 0.3) is 0 Å². The van der Waals surface area contributed by atoms with Gasteiger partial charge in [-0.25, -0.2) is 0 Å². The lowest BCUT2D eigenvalue weighted by atomic mass is 9.93. The molecule has 0 aliphatic carbocycles. The van der Waals surface area contributed by atoms with Crippen LogP contribution in [0, 0.1) is 6.92 Å². The van der Waals surface area contributed by atoms with Gasteiger partial charge in [-0.05, 0) is 57.0 Å². The first-order valence-corrected chi connectivity index (χ1v) is 6.19. The van der Waals surface area contributed by atoms with Crippen LogP contribution in [0.15, 0.2) is 18.2 Å². The molecule has 1 aromatic rings. The van der Waals surface area contributed by atoms with Crippen LogP contribution < -0.4 is 10.2 Å². The Morgan fingerprint density at radius 3 is 3.00 bits per heavy atom. The van der Waals surface area contributed by atoms with Crippen molar-refractivity contribution in [2.45, 2.75) is 32.2 Å². The van der Waals surface area contributed by atoms with Crippen LogP contribution in [0.3, 0.4) is 0 Å². The summed E-state index contributed by atoms with van der Waals surface area (Å²) in [6.45, 7) is 3.28. The maximum atomic E-state index is 3.24. The second-order valence-electron chi connectivity index (χ2n) is 4.83. The molecule has 0 radical (unpaired) electrons. The summed E-state index contributed by atoms with van der Waals surface area (Å²) in [5.74, 6) is 0. The predicted molar refractivity (Wildman–Crippen MR) is 70.2 cm³/mol. The van der Waals surface area contributed by atoms with Crippen molar-refractivity contribution in [3.63, 3.8) is 0 Å². The normalized spacial score (nSPS) is 19.7. The van der Waals surface area contributed by atoms with Crippen LogP contribution in [-0.4, -0.2) is 26.7 Å². The van der Waals surface area contributed by atoms with Crippen molar-refractivity contribution >= 4 is 5.69 Å². The van der Waals surface area contributed by atoms with E-state index in [0.29, 0.717) is 6.04 Å². The molecule has 1 unspecified atom stereocenters. The summed E-state index contributed by atoms with van der Waals surface area (Å²) >= 11 is 0. The van der Waals surface area contributed by atoms with Gasteiger partial charge >= 0.3 is 0 Å². The summed E-state index contributed by atoms with van der Waals surface area (Å²) in [7, 11) is 4.26. The fourth-order valence-corrected chi connectivity index (χ4v) is 2.58. The average Bonchev–Trinajstić information content (AvgIpc) is 2.29. The fraction of sp³-hybridized carbons (Fsp3) is 0.571. The van der Waals surface area contributed by atoms with E-state index in [-0.39, 0.29) is 0 Å². The quantitative estimate of drug-likeness (QED) is 0.838. The van der Waals surface area contributed by atoms with Crippen LogP contribution in [0.2, 0.25) is 0 Å². The second-order valence-corrected chi connectivity index (χ2v) is 4.83. The maximum absolute atomic E-state index is 3.24. The van der Waals surface area contributed by atoms with Gasteiger partial charge in [-0.3, -0.25) is 0 Å². The van der Waals surface area contributed by atoms with Crippen molar-refractivity contribution in [2.24, 2.45) is 0 Å². The third-order valence-corrected chi connectivity index (χ3v) is 3.64. The molecule has 1 aromatic carbocycles. The number of anilines is 1. The van der Waals surface area contributed by atoms with Crippen molar-refractivity contribution in [1.29, 1.82) is 0 Å². The van der Waals surface area contributed by atoms with Gasteiger partial charge < -0.3 is 10.2 Å². The molecule has 0 aromatic heterocycles. The molecule has 2 nitrogen and oxygen atoms in total. The van der Waals surface area contributed by atoms with E-state index in [1.54, 1.807) is 0 Å². The smallest absolute Gasteiger partial charge is 0.0401 e. The van der Waals surface area contributed by atoms with Crippen molar-refractivity contribution in [3.05, 3.63) is 29.3 Å². The van der Waals surface area contributed by atoms with E-state index >= 15 is 0 Å². The minimum absolute atomic E-state index is 0.696. The molecular weight excluding hydrogens is 196 g/mol. The summed E-state index contributed by atoms with van der Waals surface area (Å²) in [6.07, 6.45) is 3.75. The largest absolute Gasteiger partial charge is 0.371 e. The Hall–Kier alpha value is -1.02. The zero-order valence-corrected chi connectivity index (χ0v) is 10.6. The van der Waals surface area contributed by atoms with Crippen molar-refractivity contribution in [2.75, 3.05) is 25.5 Å². The van der Waals surface area contributed by atoms with Crippen LogP contribution >= 0.6 is 0 Å². The van der Waals surface area contributed by atoms with E-state index < -0.39 is 0 Å². The first kappa shape index (κ1) is 11.5. The van der Waals surface area contributed by atoms with Gasteiger partial charge in [0.2, 0.25) is 0 Å². The van der Waals surface area contributed by atoms with Crippen molar-refractivity contribution < 1.29 is 0 Å². The van der Waals surface area contributed by atoms with Crippen LogP contribution in [0.5, 0.6) is 0 Å². The monoisotopic (exact) mass is 218 g/mol. The number of hydrogen-bond acceptors (Lipinski definition) is 2.